The Balaban J connectivity index is 1.68. The number of benzene rings is 3. The van der Waals surface area contributed by atoms with Crippen LogP contribution in [-0.4, -0.2) is 9.97 Å². The molecule has 1 heterocycles. The molecule has 30 heavy (non-hydrogen) atoms. The van der Waals surface area contributed by atoms with Gasteiger partial charge in [0.2, 0.25) is 0 Å². The fraction of sp³-hybridized carbons (Fsp3) is 0.120. The zero-order chi connectivity index (χ0) is 21.1. The van der Waals surface area contributed by atoms with E-state index >= 15 is 0 Å². The molecular weight excluding hydrogens is 438 g/mol. The van der Waals surface area contributed by atoms with E-state index in [4.69, 9.17) is 4.74 Å². The van der Waals surface area contributed by atoms with E-state index < -0.39 is 0 Å². The largest absolute Gasteiger partial charge is 0.488 e. The van der Waals surface area contributed by atoms with Gasteiger partial charge in [0, 0.05) is 10.0 Å². The van der Waals surface area contributed by atoms with Crippen molar-refractivity contribution in [3.63, 3.8) is 0 Å². The lowest BCUT2D eigenvalue weighted by Gasteiger charge is -2.11. The Kier molecular flexibility index (Phi) is 5.69. The molecule has 0 saturated heterocycles. The predicted molar refractivity (Wildman–Crippen MR) is 124 cm³/mol. The van der Waals surface area contributed by atoms with Crippen molar-refractivity contribution in [2.24, 2.45) is 0 Å². The number of imidazole rings is 1. The maximum absolute atomic E-state index is 9.79. The normalized spacial score (nSPS) is 11.5. The number of aromatic amines is 1. The van der Waals surface area contributed by atoms with Crippen LogP contribution in [0.15, 0.2) is 65.1 Å². The standard InChI is InChI=1S/C25H20BrN3O/c1-16-4-3-5-18(10-16)15-30-24-9-7-21(26)13-19(24)12-20(14-27)25-28-22-8-6-17(2)11-23(22)29-25/h3-13H,15H2,1-2H3,(H,28,29). The molecule has 0 aliphatic rings. The average Bonchev–Trinajstić information content (AvgIpc) is 3.14. The molecule has 4 nitrogen and oxygen atoms in total. The maximum Gasteiger partial charge on any atom is 0.149 e. The molecule has 1 N–H and O–H groups in total. The highest BCUT2D eigenvalue weighted by Crippen LogP contribution is 2.28. The van der Waals surface area contributed by atoms with Gasteiger partial charge in [-0.3, -0.25) is 0 Å². The first kappa shape index (κ1) is 19.9. The molecule has 0 atom stereocenters. The Morgan fingerprint density at radius 2 is 1.93 bits per heavy atom. The van der Waals surface area contributed by atoms with Crippen molar-refractivity contribution < 1.29 is 4.74 Å². The van der Waals surface area contributed by atoms with Crippen LogP contribution in [0.5, 0.6) is 5.75 Å². The van der Waals surface area contributed by atoms with Gasteiger partial charge in [-0.2, -0.15) is 5.26 Å². The number of nitrogens with one attached hydrogen (secondary N) is 1. The summed E-state index contributed by atoms with van der Waals surface area (Å²) in [6.07, 6.45) is 1.81. The van der Waals surface area contributed by atoms with Crippen molar-refractivity contribution in [2.45, 2.75) is 20.5 Å². The van der Waals surface area contributed by atoms with Crippen molar-refractivity contribution in [2.75, 3.05) is 0 Å². The highest BCUT2D eigenvalue weighted by molar-refractivity contribution is 9.10. The first-order valence-corrected chi connectivity index (χ1v) is 10.4. The maximum atomic E-state index is 9.79. The summed E-state index contributed by atoms with van der Waals surface area (Å²) < 4.78 is 6.99. The van der Waals surface area contributed by atoms with Crippen LogP contribution in [0.1, 0.15) is 28.1 Å². The first-order valence-electron chi connectivity index (χ1n) is 9.58. The Hall–Kier alpha value is -3.36. The lowest BCUT2D eigenvalue weighted by Crippen LogP contribution is -1.98. The van der Waals surface area contributed by atoms with Gasteiger partial charge in [0.15, 0.2) is 0 Å². The van der Waals surface area contributed by atoms with E-state index in [0.29, 0.717) is 23.8 Å². The third-order valence-corrected chi connectivity index (χ3v) is 5.25. The SMILES string of the molecule is Cc1cccc(COc2ccc(Br)cc2C=C(C#N)c2nc3ccc(C)cc3[nH]2)c1. The predicted octanol–water partition coefficient (Wildman–Crippen LogP) is 6.59. The molecule has 0 unspecified atom stereocenters. The Morgan fingerprint density at radius 1 is 1.10 bits per heavy atom. The lowest BCUT2D eigenvalue weighted by atomic mass is 10.1. The molecule has 0 fully saturated rings. The third kappa shape index (κ3) is 4.45. The Bertz CT molecular complexity index is 1300. The lowest BCUT2D eigenvalue weighted by molar-refractivity contribution is 0.305. The van der Waals surface area contributed by atoms with Gasteiger partial charge in [-0.1, -0.05) is 51.8 Å². The van der Waals surface area contributed by atoms with Crippen LogP contribution in [0.4, 0.5) is 0 Å². The van der Waals surface area contributed by atoms with Crippen molar-refractivity contribution in [3.05, 3.63) is 93.2 Å². The van der Waals surface area contributed by atoms with E-state index in [0.717, 1.165) is 32.2 Å². The summed E-state index contributed by atoms with van der Waals surface area (Å²) in [5, 5.41) is 9.79. The number of fused-ring (bicyclic) bond motifs is 1. The minimum atomic E-state index is 0.447. The summed E-state index contributed by atoms with van der Waals surface area (Å²) in [4.78, 5) is 7.83. The number of H-pyrrole nitrogens is 1. The molecule has 4 aromatic rings. The van der Waals surface area contributed by atoms with E-state index in [1.807, 2.05) is 55.5 Å². The van der Waals surface area contributed by atoms with Gasteiger partial charge in [-0.25, -0.2) is 4.98 Å². The molecule has 0 amide bonds. The molecule has 0 aliphatic carbocycles. The molecule has 0 radical (unpaired) electrons. The van der Waals surface area contributed by atoms with Gasteiger partial charge in [0.05, 0.1) is 16.6 Å². The molecule has 0 spiro atoms. The smallest absolute Gasteiger partial charge is 0.149 e. The van der Waals surface area contributed by atoms with Gasteiger partial charge in [0.25, 0.3) is 0 Å². The first-order chi connectivity index (χ1) is 14.5. The van der Waals surface area contributed by atoms with Crippen LogP contribution in [0.3, 0.4) is 0 Å². The fourth-order valence-corrected chi connectivity index (χ4v) is 3.67. The van der Waals surface area contributed by atoms with Crippen LogP contribution < -0.4 is 4.74 Å². The van der Waals surface area contributed by atoms with Crippen molar-refractivity contribution in [1.29, 1.82) is 5.26 Å². The number of hydrogen-bond acceptors (Lipinski definition) is 3. The molecular formula is C25H20BrN3O. The van der Waals surface area contributed by atoms with Crippen LogP contribution in [-0.2, 0) is 6.61 Å². The van der Waals surface area contributed by atoms with Crippen LogP contribution >= 0.6 is 15.9 Å². The van der Waals surface area contributed by atoms with E-state index in [-0.39, 0.29) is 0 Å². The zero-order valence-corrected chi connectivity index (χ0v) is 18.3. The summed E-state index contributed by atoms with van der Waals surface area (Å²) in [7, 11) is 0. The molecule has 0 aliphatic heterocycles. The fourth-order valence-electron chi connectivity index (χ4n) is 3.29. The van der Waals surface area contributed by atoms with Gasteiger partial charge in [-0.05, 0) is 61.4 Å². The van der Waals surface area contributed by atoms with Crippen LogP contribution in [0.2, 0.25) is 0 Å². The number of aryl methyl sites for hydroxylation is 2. The quantitative estimate of drug-likeness (QED) is 0.344. The highest BCUT2D eigenvalue weighted by Gasteiger charge is 2.11. The molecule has 0 bridgehead atoms. The molecule has 0 saturated carbocycles. The number of allylic oxidation sites excluding steroid dienone is 1. The minimum absolute atomic E-state index is 0.447. The number of nitriles is 1. The summed E-state index contributed by atoms with van der Waals surface area (Å²) in [6, 6.07) is 22.3. The summed E-state index contributed by atoms with van der Waals surface area (Å²) >= 11 is 3.51. The summed E-state index contributed by atoms with van der Waals surface area (Å²) in [5.41, 5.74) is 6.43. The van der Waals surface area contributed by atoms with Crippen LogP contribution in [0, 0.1) is 25.2 Å². The van der Waals surface area contributed by atoms with E-state index in [9.17, 15) is 5.26 Å². The van der Waals surface area contributed by atoms with E-state index in [1.54, 1.807) is 6.08 Å². The number of aromatic nitrogens is 2. The van der Waals surface area contributed by atoms with Gasteiger partial charge >= 0.3 is 0 Å². The average molecular weight is 458 g/mol. The van der Waals surface area contributed by atoms with E-state index in [2.05, 4.69) is 51.0 Å². The van der Waals surface area contributed by atoms with Crippen molar-refractivity contribution in [1.82, 2.24) is 9.97 Å². The highest BCUT2D eigenvalue weighted by atomic mass is 79.9. The van der Waals surface area contributed by atoms with Gasteiger partial charge in [0.1, 0.15) is 24.3 Å². The number of halogens is 1. The van der Waals surface area contributed by atoms with Crippen LogP contribution in [0.25, 0.3) is 22.7 Å². The monoisotopic (exact) mass is 457 g/mol. The number of rotatable bonds is 5. The second kappa shape index (κ2) is 8.56. The van der Waals surface area contributed by atoms with E-state index in [1.165, 1.54) is 5.56 Å². The number of nitrogens with zero attached hydrogens (tertiary/aromatic N) is 2. The third-order valence-electron chi connectivity index (χ3n) is 4.76. The topological polar surface area (TPSA) is 61.7 Å². The molecule has 3 aromatic carbocycles. The molecule has 1 aromatic heterocycles. The summed E-state index contributed by atoms with van der Waals surface area (Å²) in [5.74, 6) is 1.25. The van der Waals surface area contributed by atoms with Crippen molar-refractivity contribution >= 4 is 38.6 Å². The number of hydrogen-bond donors (Lipinski definition) is 1. The second-order valence-corrected chi connectivity index (χ2v) is 8.15. The molecule has 4 rings (SSSR count). The Morgan fingerprint density at radius 3 is 2.73 bits per heavy atom. The number of ether oxygens (including phenoxy) is 1. The molecule has 148 valence electrons. The minimum Gasteiger partial charge on any atom is -0.488 e. The second-order valence-electron chi connectivity index (χ2n) is 7.24. The molecule has 5 heteroatoms. The van der Waals surface area contributed by atoms with Crippen molar-refractivity contribution in [3.8, 4) is 11.8 Å². The summed E-state index contributed by atoms with van der Waals surface area (Å²) in [6.45, 7) is 4.54. The zero-order valence-electron chi connectivity index (χ0n) is 16.7. The van der Waals surface area contributed by atoms with Gasteiger partial charge < -0.3 is 9.72 Å². The Labute approximate surface area is 184 Å². The van der Waals surface area contributed by atoms with Gasteiger partial charge in [-0.15, -0.1) is 0 Å².